The maximum Gasteiger partial charge on any atom is 0.287 e. The Bertz CT molecular complexity index is 1210. The molecule has 0 bridgehead atoms. The van der Waals surface area contributed by atoms with Crippen molar-refractivity contribution in [2.45, 2.75) is 83.6 Å². The number of furan rings is 1. The number of amides is 1. The molecule has 5 rings (SSSR count). The quantitative estimate of drug-likeness (QED) is 0.476. The predicted octanol–water partition coefficient (Wildman–Crippen LogP) is 6.95. The summed E-state index contributed by atoms with van der Waals surface area (Å²) in [5, 5.41) is 3.17. The number of hydrogen-bond acceptors (Lipinski definition) is 2. The lowest BCUT2D eigenvalue weighted by Crippen LogP contribution is -2.34. The lowest BCUT2D eigenvalue weighted by molar-refractivity contribution is 0.0907. The molecule has 2 aromatic carbocycles. The normalized spacial score (nSPS) is 20.2. The van der Waals surface area contributed by atoms with E-state index < -0.39 is 0 Å². The van der Waals surface area contributed by atoms with Crippen molar-refractivity contribution in [3.63, 3.8) is 0 Å². The van der Waals surface area contributed by atoms with E-state index in [-0.39, 0.29) is 22.8 Å². The first-order valence-electron chi connectivity index (χ1n) is 12.3. The van der Waals surface area contributed by atoms with Crippen molar-refractivity contribution in [1.82, 2.24) is 5.32 Å². The molecule has 1 unspecified atom stereocenters. The Morgan fingerprint density at radius 2 is 1.70 bits per heavy atom. The second kappa shape index (κ2) is 7.90. The largest absolute Gasteiger partial charge is 0.456 e. The molecule has 1 amide bonds. The minimum atomic E-state index is -0.131. The summed E-state index contributed by atoms with van der Waals surface area (Å²) in [6.45, 7) is 11.6. The average molecular weight is 442 g/mol. The van der Waals surface area contributed by atoms with E-state index in [2.05, 4.69) is 70.3 Å². The molecule has 0 saturated heterocycles. The third-order valence-electron chi connectivity index (χ3n) is 8.00. The summed E-state index contributed by atoms with van der Waals surface area (Å²) in [5.41, 5.74) is 8.47. The number of aryl methyl sites for hydroxylation is 2. The lowest BCUT2D eigenvalue weighted by Gasteiger charge is -2.42. The maximum atomic E-state index is 12.9. The third kappa shape index (κ3) is 4.03. The fraction of sp³-hybridized carbons (Fsp3) is 0.433. The van der Waals surface area contributed by atoms with Gasteiger partial charge in [-0.3, -0.25) is 4.79 Å². The van der Waals surface area contributed by atoms with Crippen LogP contribution in [0.3, 0.4) is 0 Å². The zero-order valence-electron chi connectivity index (χ0n) is 20.5. The van der Waals surface area contributed by atoms with Gasteiger partial charge in [0, 0.05) is 6.42 Å². The molecule has 1 heterocycles. The van der Waals surface area contributed by atoms with Gasteiger partial charge in [0.15, 0.2) is 5.76 Å². The van der Waals surface area contributed by atoms with Crippen LogP contribution in [0.1, 0.15) is 103 Å². The van der Waals surface area contributed by atoms with E-state index in [0.29, 0.717) is 12.2 Å². The van der Waals surface area contributed by atoms with E-state index >= 15 is 0 Å². The van der Waals surface area contributed by atoms with Gasteiger partial charge >= 0.3 is 0 Å². The highest BCUT2D eigenvalue weighted by Crippen LogP contribution is 2.46. The molecule has 33 heavy (non-hydrogen) atoms. The number of hydrogen-bond donors (Lipinski definition) is 1. The number of benzene rings is 2. The molecule has 3 aromatic rings. The van der Waals surface area contributed by atoms with Gasteiger partial charge in [0.2, 0.25) is 0 Å². The number of nitrogens with one attached hydrogen (secondary N) is 1. The van der Waals surface area contributed by atoms with Crippen LogP contribution < -0.4 is 5.32 Å². The van der Waals surface area contributed by atoms with Crippen molar-refractivity contribution in [2.24, 2.45) is 0 Å². The molecule has 0 spiro atoms. The summed E-state index contributed by atoms with van der Waals surface area (Å²) in [6.07, 6.45) is 5.07. The molecule has 1 atom stereocenters. The van der Waals surface area contributed by atoms with E-state index in [9.17, 15) is 4.79 Å². The highest BCUT2D eigenvalue weighted by molar-refractivity contribution is 5.91. The summed E-state index contributed by atoms with van der Waals surface area (Å²) >= 11 is 0. The Kier molecular flexibility index (Phi) is 5.27. The Morgan fingerprint density at radius 1 is 1.00 bits per heavy atom. The molecule has 3 heteroatoms. The summed E-state index contributed by atoms with van der Waals surface area (Å²) in [7, 11) is 0. The van der Waals surface area contributed by atoms with Crippen LogP contribution in [0, 0.1) is 6.92 Å². The lowest BCUT2D eigenvalue weighted by atomic mass is 9.62. The predicted molar refractivity (Wildman–Crippen MR) is 133 cm³/mol. The zero-order valence-corrected chi connectivity index (χ0v) is 20.5. The second-order valence-electron chi connectivity index (χ2n) is 11.3. The van der Waals surface area contributed by atoms with Crippen molar-refractivity contribution in [3.8, 4) is 0 Å². The van der Waals surface area contributed by atoms with Gasteiger partial charge in [-0.2, -0.15) is 0 Å². The van der Waals surface area contributed by atoms with Crippen molar-refractivity contribution in [3.05, 3.63) is 93.4 Å². The van der Waals surface area contributed by atoms with E-state index in [0.717, 1.165) is 18.6 Å². The Balaban J connectivity index is 1.35. The first-order valence-corrected chi connectivity index (χ1v) is 12.3. The topological polar surface area (TPSA) is 42.2 Å². The van der Waals surface area contributed by atoms with Gasteiger partial charge in [-0.05, 0) is 89.0 Å². The molecular weight excluding hydrogens is 406 g/mol. The maximum absolute atomic E-state index is 12.9. The summed E-state index contributed by atoms with van der Waals surface area (Å²) < 4.78 is 6.03. The molecule has 0 radical (unpaired) electrons. The Labute approximate surface area is 197 Å². The summed E-state index contributed by atoms with van der Waals surface area (Å²) in [6, 6.07) is 17.0. The number of fused-ring (bicyclic) bond motifs is 2. The minimum absolute atomic E-state index is 0.0655. The minimum Gasteiger partial charge on any atom is -0.456 e. The fourth-order valence-electron chi connectivity index (χ4n) is 5.68. The molecule has 2 aliphatic rings. The summed E-state index contributed by atoms with van der Waals surface area (Å²) in [4.78, 5) is 12.9. The standard InChI is InChI=1S/C30H35NO2/c1-19-16-24-25(30(4,5)15-14-29(24,2)3)18-21(19)17-22-11-13-27(33-22)28(32)31-26-12-10-20-8-6-7-9-23(20)26/h6-9,11,13,16,18,26H,10,12,14-15,17H2,1-5H3,(H,31,32). The van der Waals surface area contributed by atoms with E-state index in [1.54, 1.807) is 0 Å². The molecule has 1 N–H and O–H groups in total. The van der Waals surface area contributed by atoms with Crippen LogP contribution in [0.2, 0.25) is 0 Å². The van der Waals surface area contributed by atoms with Crippen LogP contribution >= 0.6 is 0 Å². The molecule has 0 saturated carbocycles. The van der Waals surface area contributed by atoms with Gasteiger partial charge in [-0.15, -0.1) is 0 Å². The van der Waals surface area contributed by atoms with Crippen molar-refractivity contribution in [2.75, 3.05) is 0 Å². The highest BCUT2D eigenvalue weighted by Gasteiger charge is 2.37. The highest BCUT2D eigenvalue weighted by atomic mass is 16.3. The van der Waals surface area contributed by atoms with Crippen LogP contribution in [0.5, 0.6) is 0 Å². The van der Waals surface area contributed by atoms with Gasteiger partial charge in [0.05, 0.1) is 6.04 Å². The van der Waals surface area contributed by atoms with E-state index in [4.69, 9.17) is 4.42 Å². The van der Waals surface area contributed by atoms with Crippen molar-refractivity contribution >= 4 is 5.91 Å². The van der Waals surface area contributed by atoms with Crippen LogP contribution in [-0.4, -0.2) is 5.91 Å². The third-order valence-corrected chi connectivity index (χ3v) is 8.00. The number of carbonyl (C=O) groups is 1. The van der Waals surface area contributed by atoms with E-state index in [1.165, 1.54) is 46.2 Å². The number of carbonyl (C=O) groups excluding carboxylic acids is 1. The molecule has 0 fully saturated rings. The smallest absolute Gasteiger partial charge is 0.287 e. The zero-order chi connectivity index (χ0) is 23.4. The SMILES string of the molecule is Cc1cc2c(cc1Cc1ccc(C(=O)NC3CCc4ccccc43)o1)C(C)(C)CCC2(C)C. The van der Waals surface area contributed by atoms with Gasteiger partial charge in [-0.1, -0.05) is 64.1 Å². The second-order valence-corrected chi connectivity index (χ2v) is 11.3. The van der Waals surface area contributed by atoms with Crippen molar-refractivity contribution in [1.29, 1.82) is 0 Å². The van der Waals surface area contributed by atoms with Crippen LogP contribution in [0.15, 0.2) is 52.9 Å². The van der Waals surface area contributed by atoms with Crippen LogP contribution in [-0.2, 0) is 23.7 Å². The first-order chi connectivity index (χ1) is 15.6. The molecule has 3 nitrogen and oxygen atoms in total. The summed E-state index contributed by atoms with van der Waals surface area (Å²) in [5.74, 6) is 1.10. The monoisotopic (exact) mass is 441 g/mol. The average Bonchev–Trinajstić information content (AvgIpc) is 3.40. The van der Waals surface area contributed by atoms with Crippen molar-refractivity contribution < 1.29 is 9.21 Å². The Hall–Kier alpha value is -2.81. The van der Waals surface area contributed by atoms with Gasteiger partial charge in [0.1, 0.15) is 5.76 Å². The molecular formula is C30H35NO2. The molecule has 172 valence electrons. The fourth-order valence-corrected chi connectivity index (χ4v) is 5.68. The van der Waals surface area contributed by atoms with Gasteiger partial charge < -0.3 is 9.73 Å². The molecule has 0 aliphatic heterocycles. The Morgan fingerprint density at radius 3 is 2.45 bits per heavy atom. The molecule has 1 aromatic heterocycles. The number of rotatable bonds is 4. The first kappa shape index (κ1) is 22.0. The van der Waals surface area contributed by atoms with Crippen LogP contribution in [0.25, 0.3) is 0 Å². The van der Waals surface area contributed by atoms with E-state index in [1.807, 2.05) is 18.2 Å². The van der Waals surface area contributed by atoms with Gasteiger partial charge in [-0.25, -0.2) is 0 Å². The van der Waals surface area contributed by atoms with Gasteiger partial charge in [0.25, 0.3) is 5.91 Å². The molecule has 2 aliphatic carbocycles. The van der Waals surface area contributed by atoms with Crippen LogP contribution in [0.4, 0.5) is 0 Å².